The van der Waals surface area contributed by atoms with Crippen molar-refractivity contribution in [2.45, 2.75) is 25.9 Å². The van der Waals surface area contributed by atoms with Crippen LogP contribution in [0.2, 0.25) is 0 Å². The van der Waals surface area contributed by atoms with Gasteiger partial charge in [0.05, 0.1) is 12.6 Å². The quantitative estimate of drug-likeness (QED) is 0.807. The van der Waals surface area contributed by atoms with Gasteiger partial charge in [-0.2, -0.15) is 0 Å². The molecule has 1 saturated heterocycles. The van der Waals surface area contributed by atoms with Gasteiger partial charge in [-0.1, -0.05) is 29.8 Å². The highest BCUT2D eigenvalue weighted by molar-refractivity contribution is 5.97. The molecule has 1 aromatic rings. The molecule has 17 heavy (non-hydrogen) atoms. The Morgan fingerprint density at radius 1 is 1.29 bits per heavy atom. The Kier molecular flexibility index (Phi) is 3.92. The fourth-order valence-corrected chi connectivity index (χ4v) is 2.11. The summed E-state index contributed by atoms with van der Waals surface area (Å²) in [5.74, 6) is 0.168. The number of hydrogen-bond donors (Lipinski definition) is 1. The summed E-state index contributed by atoms with van der Waals surface area (Å²) in [6.45, 7) is 4.12. The first kappa shape index (κ1) is 12.3. The lowest BCUT2D eigenvalue weighted by atomic mass is 10.1. The molecule has 3 heteroatoms. The molecule has 0 amide bonds. The van der Waals surface area contributed by atoms with Gasteiger partial charge in [0.2, 0.25) is 0 Å². The number of hydrogen-bond acceptors (Lipinski definition) is 3. The maximum absolute atomic E-state index is 12.0. The number of piperidine rings is 1. The van der Waals surface area contributed by atoms with Crippen LogP contribution in [0.15, 0.2) is 24.3 Å². The van der Waals surface area contributed by atoms with Crippen LogP contribution in [0.3, 0.4) is 0 Å². The number of aliphatic hydroxyl groups is 1. The summed E-state index contributed by atoms with van der Waals surface area (Å²) in [4.78, 5) is 14.1. The summed E-state index contributed by atoms with van der Waals surface area (Å²) in [7, 11) is 0. The average Bonchev–Trinajstić information content (AvgIpc) is 2.33. The van der Waals surface area contributed by atoms with E-state index >= 15 is 0 Å². The number of rotatable bonds is 3. The Morgan fingerprint density at radius 3 is 2.47 bits per heavy atom. The molecule has 0 saturated carbocycles. The van der Waals surface area contributed by atoms with E-state index in [-0.39, 0.29) is 11.9 Å². The first-order valence-corrected chi connectivity index (χ1v) is 6.15. The number of likely N-dealkylation sites (tertiary alicyclic amines) is 1. The fourth-order valence-electron chi connectivity index (χ4n) is 2.11. The van der Waals surface area contributed by atoms with E-state index in [4.69, 9.17) is 0 Å². The van der Waals surface area contributed by atoms with Gasteiger partial charge in [-0.25, -0.2) is 0 Å². The number of ketones is 1. The molecule has 1 N–H and O–H groups in total. The number of benzene rings is 1. The molecule has 1 aliphatic heterocycles. The molecule has 0 aromatic heterocycles. The van der Waals surface area contributed by atoms with E-state index in [0.29, 0.717) is 6.54 Å². The summed E-state index contributed by atoms with van der Waals surface area (Å²) in [5.41, 5.74) is 1.95. The molecule has 1 aliphatic rings. The van der Waals surface area contributed by atoms with Crippen LogP contribution in [-0.4, -0.2) is 41.5 Å². The Morgan fingerprint density at radius 2 is 1.88 bits per heavy atom. The van der Waals surface area contributed by atoms with Crippen molar-refractivity contribution in [3.8, 4) is 0 Å². The van der Waals surface area contributed by atoms with Crippen molar-refractivity contribution < 1.29 is 9.90 Å². The lowest BCUT2D eigenvalue weighted by molar-refractivity contribution is 0.0711. The average molecular weight is 233 g/mol. The molecule has 0 bridgehead atoms. The predicted octanol–water partition coefficient (Wildman–Crippen LogP) is 1.63. The molecule has 1 fully saturated rings. The number of aryl methyl sites for hydroxylation is 1. The number of Topliss-reactive ketones (excluding diaryl/α,β-unsaturated/α-hetero) is 1. The van der Waals surface area contributed by atoms with E-state index in [0.717, 1.165) is 31.5 Å². The fraction of sp³-hybridized carbons (Fsp3) is 0.500. The third-order valence-corrected chi connectivity index (χ3v) is 3.30. The highest BCUT2D eigenvalue weighted by Crippen LogP contribution is 2.11. The standard InChI is InChI=1S/C14H19NO2/c1-11-2-4-12(5-3-11)14(17)10-15-8-6-13(16)7-9-15/h2-5,13,16H,6-10H2,1H3. The van der Waals surface area contributed by atoms with E-state index in [2.05, 4.69) is 4.90 Å². The second-order valence-electron chi connectivity index (χ2n) is 4.80. The van der Waals surface area contributed by atoms with Crippen LogP contribution in [0.1, 0.15) is 28.8 Å². The Hall–Kier alpha value is -1.19. The van der Waals surface area contributed by atoms with Crippen LogP contribution in [0.4, 0.5) is 0 Å². The van der Waals surface area contributed by atoms with Crippen molar-refractivity contribution in [1.82, 2.24) is 4.90 Å². The molecule has 92 valence electrons. The predicted molar refractivity (Wildman–Crippen MR) is 67.2 cm³/mol. The van der Waals surface area contributed by atoms with Crippen molar-refractivity contribution in [2.24, 2.45) is 0 Å². The zero-order valence-electron chi connectivity index (χ0n) is 10.2. The third-order valence-electron chi connectivity index (χ3n) is 3.30. The first-order chi connectivity index (χ1) is 8.15. The Balaban J connectivity index is 1.91. The molecule has 0 aliphatic carbocycles. The number of carbonyl (C=O) groups is 1. The molecule has 0 unspecified atom stereocenters. The van der Waals surface area contributed by atoms with Crippen LogP contribution in [-0.2, 0) is 0 Å². The minimum absolute atomic E-state index is 0.168. The first-order valence-electron chi connectivity index (χ1n) is 6.15. The number of aliphatic hydroxyl groups excluding tert-OH is 1. The Bertz CT molecular complexity index is 378. The van der Waals surface area contributed by atoms with Crippen molar-refractivity contribution >= 4 is 5.78 Å². The highest BCUT2D eigenvalue weighted by Gasteiger charge is 2.19. The summed E-state index contributed by atoms with van der Waals surface area (Å²) in [5, 5.41) is 9.40. The molecule has 1 aromatic carbocycles. The second kappa shape index (κ2) is 5.43. The van der Waals surface area contributed by atoms with Gasteiger partial charge >= 0.3 is 0 Å². The van der Waals surface area contributed by atoms with Crippen molar-refractivity contribution in [1.29, 1.82) is 0 Å². The van der Waals surface area contributed by atoms with Crippen molar-refractivity contribution in [2.75, 3.05) is 19.6 Å². The molecule has 0 radical (unpaired) electrons. The van der Waals surface area contributed by atoms with Gasteiger partial charge in [0.25, 0.3) is 0 Å². The number of nitrogens with zero attached hydrogens (tertiary/aromatic N) is 1. The zero-order chi connectivity index (χ0) is 12.3. The topological polar surface area (TPSA) is 40.5 Å². The van der Waals surface area contributed by atoms with E-state index in [9.17, 15) is 9.90 Å². The van der Waals surface area contributed by atoms with E-state index in [1.807, 2.05) is 31.2 Å². The van der Waals surface area contributed by atoms with Gasteiger partial charge in [0.15, 0.2) is 5.78 Å². The van der Waals surface area contributed by atoms with Crippen LogP contribution >= 0.6 is 0 Å². The van der Waals surface area contributed by atoms with Gasteiger partial charge in [-0.15, -0.1) is 0 Å². The van der Waals surface area contributed by atoms with Crippen molar-refractivity contribution in [3.05, 3.63) is 35.4 Å². The lowest BCUT2D eigenvalue weighted by Crippen LogP contribution is -2.39. The monoisotopic (exact) mass is 233 g/mol. The van der Waals surface area contributed by atoms with E-state index < -0.39 is 0 Å². The van der Waals surface area contributed by atoms with Crippen LogP contribution in [0.5, 0.6) is 0 Å². The molecule has 3 nitrogen and oxygen atoms in total. The minimum Gasteiger partial charge on any atom is -0.393 e. The summed E-state index contributed by atoms with van der Waals surface area (Å²) >= 11 is 0. The molecular formula is C14H19NO2. The maximum Gasteiger partial charge on any atom is 0.176 e. The molecule has 1 heterocycles. The van der Waals surface area contributed by atoms with Crippen LogP contribution < -0.4 is 0 Å². The molecule has 0 atom stereocenters. The zero-order valence-corrected chi connectivity index (χ0v) is 10.2. The molecular weight excluding hydrogens is 214 g/mol. The lowest BCUT2D eigenvalue weighted by Gasteiger charge is -2.28. The third kappa shape index (κ3) is 3.38. The van der Waals surface area contributed by atoms with Gasteiger partial charge in [0, 0.05) is 18.7 Å². The molecule has 2 rings (SSSR count). The van der Waals surface area contributed by atoms with Gasteiger partial charge < -0.3 is 5.11 Å². The SMILES string of the molecule is Cc1ccc(C(=O)CN2CCC(O)CC2)cc1. The van der Waals surface area contributed by atoms with E-state index in [1.165, 1.54) is 5.56 Å². The van der Waals surface area contributed by atoms with Gasteiger partial charge in [0.1, 0.15) is 0 Å². The second-order valence-corrected chi connectivity index (χ2v) is 4.80. The molecule has 0 spiro atoms. The van der Waals surface area contributed by atoms with Crippen LogP contribution in [0.25, 0.3) is 0 Å². The van der Waals surface area contributed by atoms with Crippen molar-refractivity contribution in [3.63, 3.8) is 0 Å². The summed E-state index contributed by atoms with van der Waals surface area (Å²) in [6.07, 6.45) is 1.38. The summed E-state index contributed by atoms with van der Waals surface area (Å²) in [6, 6.07) is 7.70. The Labute approximate surface area is 102 Å². The summed E-state index contributed by atoms with van der Waals surface area (Å²) < 4.78 is 0. The highest BCUT2D eigenvalue weighted by atomic mass is 16.3. The van der Waals surface area contributed by atoms with E-state index in [1.54, 1.807) is 0 Å². The van der Waals surface area contributed by atoms with Gasteiger partial charge in [-0.3, -0.25) is 9.69 Å². The number of carbonyl (C=O) groups excluding carboxylic acids is 1. The minimum atomic E-state index is -0.180. The van der Waals surface area contributed by atoms with Gasteiger partial charge in [-0.05, 0) is 19.8 Å². The normalized spacial score (nSPS) is 18.2. The largest absolute Gasteiger partial charge is 0.393 e. The maximum atomic E-state index is 12.0. The van der Waals surface area contributed by atoms with Crippen LogP contribution in [0, 0.1) is 6.92 Å². The smallest absolute Gasteiger partial charge is 0.176 e.